The van der Waals surface area contributed by atoms with Crippen molar-refractivity contribution in [2.24, 2.45) is 0 Å². The van der Waals surface area contributed by atoms with Crippen LogP contribution in [0.2, 0.25) is 0 Å². The molecule has 1 fully saturated rings. The van der Waals surface area contributed by atoms with Crippen molar-refractivity contribution in [1.29, 1.82) is 0 Å². The standard InChI is InChI=1S/C14H28N2O3/c1-4-15-14(3,13(17)18)8-10-16-9-6-7-12(11-16)19-5-2/h12,15H,4-11H2,1-3H3,(H,17,18). The number of hydrogen-bond acceptors (Lipinski definition) is 4. The average Bonchev–Trinajstić information content (AvgIpc) is 2.37. The van der Waals surface area contributed by atoms with Gasteiger partial charge in [-0.05, 0) is 46.2 Å². The fourth-order valence-corrected chi connectivity index (χ4v) is 2.63. The third-order valence-electron chi connectivity index (χ3n) is 3.83. The van der Waals surface area contributed by atoms with Crippen LogP contribution in [0, 0.1) is 0 Å². The van der Waals surface area contributed by atoms with Crippen molar-refractivity contribution in [1.82, 2.24) is 10.2 Å². The lowest BCUT2D eigenvalue weighted by Gasteiger charge is -2.35. The summed E-state index contributed by atoms with van der Waals surface area (Å²) in [5, 5.41) is 12.4. The first-order valence-corrected chi connectivity index (χ1v) is 7.34. The number of rotatable bonds is 8. The van der Waals surface area contributed by atoms with E-state index in [2.05, 4.69) is 10.2 Å². The van der Waals surface area contributed by atoms with Crippen LogP contribution in [0.4, 0.5) is 0 Å². The van der Waals surface area contributed by atoms with E-state index in [9.17, 15) is 9.90 Å². The second-order valence-electron chi connectivity index (χ2n) is 5.44. The molecular weight excluding hydrogens is 244 g/mol. The van der Waals surface area contributed by atoms with Crippen molar-refractivity contribution >= 4 is 5.97 Å². The molecule has 1 aliphatic heterocycles. The highest BCUT2D eigenvalue weighted by Gasteiger charge is 2.32. The van der Waals surface area contributed by atoms with Gasteiger partial charge in [0, 0.05) is 19.7 Å². The van der Waals surface area contributed by atoms with E-state index in [0.717, 1.165) is 39.1 Å². The first kappa shape index (κ1) is 16.4. The van der Waals surface area contributed by atoms with E-state index in [4.69, 9.17) is 4.74 Å². The molecule has 112 valence electrons. The highest BCUT2D eigenvalue weighted by molar-refractivity contribution is 5.78. The highest BCUT2D eigenvalue weighted by atomic mass is 16.5. The van der Waals surface area contributed by atoms with E-state index in [-0.39, 0.29) is 0 Å². The van der Waals surface area contributed by atoms with Crippen LogP contribution in [0.1, 0.15) is 40.0 Å². The van der Waals surface area contributed by atoms with E-state index in [1.54, 1.807) is 6.92 Å². The lowest BCUT2D eigenvalue weighted by molar-refractivity contribution is -0.144. The summed E-state index contributed by atoms with van der Waals surface area (Å²) in [4.78, 5) is 13.7. The third-order valence-corrected chi connectivity index (χ3v) is 3.83. The summed E-state index contributed by atoms with van der Waals surface area (Å²) in [5.74, 6) is -0.771. The molecule has 2 unspecified atom stereocenters. The van der Waals surface area contributed by atoms with Crippen LogP contribution in [0.5, 0.6) is 0 Å². The maximum absolute atomic E-state index is 11.3. The van der Waals surface area contributed by atoms with Gasteiger partial charge >= 0.3 is 5.97 Å². The van der Waals surface area contributed by atoms with Gasteiger partial charge in [-0.2, -0.15) is 0 Å². The van der Waals surface area contributed by atoms with Gasteiger partial charge < -0.3 is 20.1 Å². The lowest BCUT2D eigenvalue weighted by atomic mass is 9.96. The van der Waals surface area contributed by atoms with Crippen LogP contribution in [0.15, 0.2) is 0 Å². The van der Waals surface area contributed by atoms with Gasteiger partial charge in [0.2, 0.25) is 0 Å². The number of carboxylic acid groups (broad SMARTS) is 1. The molecule has 0 amide bonds. The van der Waals surface area contributed by atoms with Gasteiger partial charge in [0.05, 0.1) is 6.10 Å². The molecule has 0 spiro atoms. The van der Waals surface area contributed by atoms with Crippen LogP contribution in [-0.2, 0) is 9.53 Å². The molecule has 1 saturated heterocycles. The summed E-state index contributed by atoms with van der Waals surface area (Å²) >= 11 is 0. The normalized spacial score (nSPS) is 24.1. The van der Waals surface area contributed by atoms with Gasteiger partial charge in [0.25, 0.3) is 0 Å². The minimum atomic E-state index is -0.826. The lowest BCUT2D eigenvalue weighted by Crippen LogP contribution is -2.52. The molecule has 0 aromatic carbocycles. The predicted octanol–water partition coefficient (Wildman–Crippen LogP) is 1.33. The van der Waals surface area contributed by atoms with Crippen molar-refractivity contribution < 1.29 is 14.6 Å². The molecule has 0 radical (unpaired) electrons. The van der Waals surface area contributed by atoms with Crippen molar-refractivity contribution in [3.05, 3.63) is 0 Å². The summed E-state index contributed by atoms with van der Waals surface area (Å²) in [7, 11) is 0. The molecule has 2 N–H and O–H groups in total. The Balaban J connectivity index is 2.43. The van der Waals surface area contributed by atoms with Gasteiger partial charge in [-0.3, -0.25) is 4.79 Å². The molecule has 5 nitrogen and oxygen atoms in total. The second kappa shape index (κ2) is 7.82. The summed E-state index contributed by atoms with van der Waals surface area (Å²) in [6, 6.07) is 0. The number of likely N-dealkylation sites (tertiary alicyclic amines) is 1. The Morgan fingerprint density at radius 2 is 2.26 bits per heavy atom. The molecular formula is C14H28N2O3. The van der Waals surface area contributed by atoms with Crippen molar-refractivity contribution in [2.75, 3.05) is 32.8 Å². The first-order valence-electron chi connectivity index (χ1n) is 7.34. The van der Waals surface area contributed by atoms with Crippen LogP contribution in [-0.4, -0.2) is 60.4 Å². The topological polar surface area (TPSA) is 61.8 Å². The fourth-order valence-electron chi connectivity index (χ4n) is 2.63. The summed E-state index contributed by atoms with van der Waals surface area (Å²) in [6.45, 7) is 9.93. The maximum Gasteiger partial charge on any atom is 0.323 e. The molecule has 0 saturated carbocycles. The second-order valence-corrected chi connectivity index (χ2v) is 5.44. The first-order chi connectivity index (χ1) is 9.01. The number of aliphatic carboxylic acids is 1. The van der Waals surface area contributed by atoms with E-state index < -0.39 is 11.5 Å². The van der Waals surface area contributed by atoms with Crippen LogP contribution >= 0.6 is 0 Å². The number of nitrogens with one attached hydrogen (secondary N) is 1. The maximum atomic E-state index is 11.3. The zero-order chi connectivity index (χ0) is 14.3. The highest BCUT2D eigenvalue weighted by Crippen LogP contribution is 2.16. The molecule has 0 bridgehead atoms. The number of carbonyl (C=O) groups is 1. The largest absolute Gasteiger partial charge is 0.480 e. The fraction of sp³-hybridized carbons (Fsp3) is 0.929. The minimum Gasteiger partial charge on any atom is -0.480 e. The average molecular weight is 272 g/mol. The Hall–Kier alpha value is -0.650. The quantitative estimate of drug-likeness (QED) is 0.698. The summed E-state index contributed by atoms with van der Waals surface area (Å²) < 4.78 is 5.67. The molecule has 0 aliphatic carbocycles. The number of nitrogens with zero attached hydrogens (tertiary/aromatic N) is 1. The van der Waals surface area contributed by atoms with Crippen molar-refractivity contribution in [2.45, 2.75) is 51.7 Å². The number of likely N-dealkylation sites (N-methyl/N-ethyl adjacent to an activating group) is 1. The summed E-state index contributed by atoms with van der Waals surface area (Å²) in [5.41, 5.74) is -0.826. The SMILES string of the molecule is CCNC(C)(CCN1CCCC(OCC)C1)C(=O)O. The molecule has 0 aromatic rings. The van der Waals surface area contributed by atoms with E-state index in [1.807, 2.05) is 13.8 Å². The molecule has 1 rings (SSSR count). The Kier molecular flexibility index (Phi) is 6.75. The van der Waals surface area contributed by atoms with Gasteiger partial charge in [-0.1, -0.05) is 6.92 Å². The Labute approximate surface area is 116 Å². The zero-order valence-electron chi connectivity index (χ0n) is 12.4. The van der Waals surface area contributed by atoms with Crippen molar-refractivity contribution in [3.63, 3.8) is 0 Å². The van der Waals surface area contributed by atoms with Crippen LogP contribution in [0.3, 0.4) is 0 Å². The number of ether oxygens (including phenoxy) is 1. The third kappa shape index (κ3) is 5.09. The van der Waals surface area contributed by atoms with Gasteiger partial charge in [0.1, 0.15) is 5.54 Å². The number of carboxylic acids is 1. The van der Waals surface area contributed by atoms with E-state index >= 15 is 0 Å². The zero-order valence-corrected chi connectivity index (χ0v) is 12.4. The van der Waals surface area contributed by atoms with E-state index in [0.29, 0.717) is 19.1 Å². The summed E-state index contributed by atoms with van der Waals surface area (Å²) in [6.07, 6.45) is 3.19. The Bertz CT molecular complexity index is 284. The molecule has 1 heterocycles. The number of hydrogen-bond donors (Lipinski definition) is 2. The molecule has 5 heteroatoms. The molecule has 19 heavy (non-hydrogen) atoms. The van der Waals surface area contributed by atoms with Gasteiger partial charge in [0.15, 0.2) is 0 Å². The van der Waals surface area contributed by atoms with Gasteiger partial charge in [-0.25, -0.2) is 0 Å². The Morgan fingerprint density at radius 3 is 2.84 bits per heavy atom. The smallest absolute Gasteiger partial charge is 0.323 e. The molecule has 2 atom stereocenters. The van der Waals surface area contributed by atoms with E-state index in [1.165, 1.54) is 0 Å². The molecule has 1 aliphatic rings. The van der Waals surface area contributed by atoms with Crippen LogP contribution < -0.4 is 5.32 Å². The monoisotopic (exact) mass is 272 g/mol. The van der Waals surface area contributed by atoms with Crippen LogP contribution in [0.25, 0.3) is 0 Å². The van der Waals surface area contributed by atoms with Crippen molar-refractivity contribution in [3.8, 4) is 0 Å². The van der Waals surface area contributed by atoms with Gasteiger partial charge in [-0.15, -0.1) is 0 Å². The Morgan fingerprint density at radius 1 is 1.53 bits per heavy atom. The number of piperidine rings is 1. The predicted molar refractivity (Wildman–Crippen MR) is 75.4 cm³/mol. The minimum absolute atomic E-state index is 0.314. The molecule has 0 aromatic heterocycles.